The van der Waals surface area contributed by atoms with E-state index in [4.69, 9.17) is 0 Å². The summed E-state index contributed by atoms with van der Waals surface area (Å²) in [4.78, 5) is 28.5. The molecule has 0 aliphatic heterocycles. The predicted octanol–water partition coefficient (Wildman–Crippen LogP) is 5.57. The van der Waals surface area contributed by atoms with Crippen molar-refractivity contribution >= 4 is 43.5 Å². The Labute approximate surface area is 243 Å². The lowest BCUT2D eigenvalue weighted by Crippen LogP contribution is -2.52. The summed E-state index contributed by atoms with van der Waals surface area (Å²) in [5.41, 5.74) is 1.39. The second-order valence-electron chi connectivity index (χ2n) is 10.1. The molecule has 3 aromatic rings. The number of rotatable bonds is 10. The molecule has 1 aliphatic carbocycles. The van der Waals surface area contributed by atoms with Gasteiger partial charge in [0.25, 0.3) is 10.0 Å². The molecule has 10 heteroatoms. The number of hydrogen-bond donors (Lipinski definition) is 1. The number of hydrogen-bond acceptors (Lipinski definition) is 4. The van der Waals surface area contributed by atoms with Crippen LogP contribution in [0.4, 0.5) is 10.1 Å². The van der Waals surface area contributed by atoms with Gasteiger partial charge in [0.2, 0.25) is 11.8 Å². The minimum atomic E-state index is -4.17. The Morgan fingerprint density at radius 3 is 2.35 bits per heavy atom. The van der Waals surface area contributed by atoms with Gasteiger partial charge >= 0.3 is 0 Å². The van der Waals surface area contributed by atoms with E-state index in [1.165, 1.54) is 23.1 Å². The number of sulfonamides is 1. The van der Waals surface area contributed by atoms with Crippen molar-refractivity contribution < 1.29 is 22.4 Å². The first-order valence-electron chi connectivity index (χ1n) is 13.2. The van der Waals surface area contributed by atoms with E-state index >= 15 is 0 Å². The summed E-state index contributed by atoms with van der Waals surface area (Å²) in [7, 11) is -4.17. The molecule has 40 heavy (non-hydrogen) atoms. The van der Waals surface area contributed by atoms with Crippen LogP contribution < -0.4 is 9.62 Å². The summed E-state index contributed by atoms with van der Waals surface area (Å²) >= 11 is 3.38. The minimum Gasteiger partial charge on any atom is -0.352 e. The molecular weight excluding hydrogens is 597 g/mol. The van der Waals surface area contributed by atoms with E-state index in [1.807, 2.05) is 6.92 Å². The third-order valence-electron chi connectivity index (χ3n) is 7.15. The van der Waals surface area contributed by atoms with Crippen LogP contribution in [0.3, 0.4) is 0 Å². The van der Waals surface area contributed by atoms with Gasteiger partial charge in [0, 0.05) is 22.6 Å². The van der Waals surface area contributed by atoms with E-state index in [-0.39, 0.29) is 34.6 Å². The van der Waals surface area contributed by atoms with Crippen molar-refractivity contribution in [2.45, 2.75) is 63.1 Å². The molecule has 1 fully saturated rings. The Balaban J connectivity index is 1.69. The van der Waals surface area contributed by atoms with Crippen LogP contribution in [0.25, 0.3) is 0 Å². The number of carbonyl (C=O) groups excluding carboxylic acids is 2. The van der Waals surface area contributed by atoms with Crippen molar-refractivity contribution in [3.63, 3.8) is 0 Å². The zero-order valence-corrected chi connectivity index (χ0v) is 24.9. The third-order valence-corrected chi connectivity index (χ3v) is 9.43. The number of carbonyl (C=O) groups is 2. The highest BCUT2D eigenvalue weighted by molar-refractivity contribution is 9.10. The summed E-state index contributed by atoms with van der Waals surface area (Å²) in [5, 5.41) is 3.00. The second kappa shape index (κ2) is 13.0. The van der Waals surface area contributed by atoms with Crippen LogP contribution in [0.2, 0.25) is 0 Å². The lowest BCUT2D eigenvalue weighted by molar-refractivity contribution is -0.139. The Morgan fingerprint density at radius 1 is 1.02 bits per heavy atom. The molecule has 212 valence electrons. The van der Waals surface area contributed by atoms with Crippen molar-refractivity contribution in [3.05, 3.63) is 94.2 Å². The first-order chi connectivity index (χ1) is 19.1. The van der Waals surface area contributed by atoms with Crippen molar-refractivity contribution in [1.29, 1.82) is 0 Å². The predicted molar refractivity (Wildman–Crippen MR) is 157 cm³/mol. The fourth-order valence-electron chi connectivity index (χ4n) is 4.78. The van der Waals surface area contributed by atoms with Crippen LogP contribution in [0, 0.1) is 12.7 Å². The van der Waals surface area contributed by atoms with Crippen LogP contribution in [-0.4, -0.2) is 43.8 Å². The molecular formula is C30H33BrFN3O4S. The molecule has 2 amide bonds. The van der Waals surface area contributed by atoms with Gasteiger partial charge in [-0.3, -0.25) is 13.9 Å². The maximum absolute atomic E-state index is 14.7. The van der Waals surface area contributed by atoms with E-state index in [2.05, 4.69) is 21.2 Å². The molecule has 0 bridgehead atoms. The van der Waals surface area contributed by atoms with E-state index in [0.29, 0.717) is 4.47 Å². The number of nitrogens with one attached hydrogen (secondary N) is 1. The van der Waals surface area contributed by atoms with E-state index < -0.39 is 34.3 Å². The zero-order chi connectivity index (χ0) is 28.9. The largest absolute Gasteiger partial charge is 0.352 e. The zero-order valence-electron chi connectivity index (χ0n) is 22.5. The molecule has 1 atom stereocenters. The van der Waals surface area contributed by atoms with Gasteiger partial charge in [0.05, 0.1) is 10.6 Å². The van der Waals surface area contributed by atoms with Crippen LogP contribution in [0.5, 0.6) is 0 Å². The Hall–Kier alpha value is -3.24. The molecule has 0 spiro atoms. The van der Waals surface area contributed by atoms with Gasteiger partial charge in [0.15, 0.2) is 0 Å². The number of halogens is 2. The lowest BCUT2D eigenvalue weighted by atomic mass is 10.1. The molecule has 1 N–H and O–H groups in total. The fraction of sp³-hybridized carbons (Fsp3) is 0.333. The molecule has 4 rings (SSSR count). The van der Waals surface area contributed by atoms with Crippen molar-refractivity contribution in [2.75, 3.05) is 10.8 Å². The average molecular weight is 631 g/mol. The van der Waals surface area contributed by atoms with E-state index in [0.717, 1.165) is 35.6 Å². The summed E-state index contributed by atoms with van der Waals surface area (Å²) < 4.78 is 44.1. The Bertz CT molecular complexity index is 1460. The third kappa shape index (κ3) is 7.09. The van der Waals surface area contributed by atoms with Crippen molar-refractivity contribution in [1.82, 2.24) is 10.2 Å². The number of aryl methyl sites for hydroxylation is 1. The topological polar surface area (TPSA) is 86.8 Å². The number of anilines is 1. The first kappa shape index (κ1) is 29.7. The van der Waals surface area contributed by atoms with Gasteiger partial charge < -0.3 is 10.2 Å². The quantitative estimate of drug-likeness (QED) is 0.318. The smallest absolute Gasteiger partial charge is 0.264 e. The standard InChI is InChI=1S/C30H33BrFN3O4S/c1-21-14-16-27(17-15-21)40(38,39)35(26-12-7-9-24(31)18-26)20-29(36)34(19-23-8-3-6-13-28(23)32)22(2)30(37)33-25-10-4-5-11-25/h3,6-9,12-18,22,25H,4-5,10-11,19-20H2,1-2H3,(H,33,37)/t22-/m1/s1. The molecule has 7 nitrogen and oxygen atoms in total. The maximum atomic E-state index is 14.7. The van der Waals surface area contributed by atoms with E-state index in [9.17, 15) is 22.4 Å². The monoisotopic (exact) mass is 629 g/mol. The fourth-order valence-corrected chi connectivity index (χ4v) is 6.58. The summed E-state index contributed by atoms with van der Waals surface area (Å²) in [6.07, 6.45) is 3.78. The molecule has 1 saturated carbocycles. The van der Waals surface area contributed by atoms with Crippen LogP contribution in [0.1, 0.15) is 43.7 Å². The average Bonchev–Trinajstić information content (AvgIpc) is 3.44. The molecule has 0 heterocycles. The Morgan fingerprint density at radius 2 is 1.70 bits per heavy atom. The minimum absolute atomic E-state index is 0.0264. The summed E-state index contributed by atoms with van der Waals surface area (Å²) in [6, 6.07) is 18.1. The summed E-state index contributed by atoms with van der Waals surface area (Å²) in [6.45, 7) is 2.66. The number of amides is 2. The molecule has 0 unspecified atom stereocenters. The molecule has 0 aromatic heterocycles. The highest BCUT2D eigenvalue weighted by Gasteiger charge is 2.33. The molecule has 1 aliphatic rings. The Kier molecular flexibility index (Phi) is 9.63. The van der Waals surface area contributed by atoms with Crippen LogP contribution in [-0.2, 0) is 26.2 Å². The van der Waals surface area contributed by atoms with Crippen molar-refractivity contribution in [3.8, 4) is 0 Å². The molecule has 3 aromatic carbocycles. The summed E-state index contributed by atoms with van der Waals surface area (Å²) in [5.74, 6) is -1.50. The van der Waals surface area contributed by atoms with Gasteiger partial charge in [-0.05, 0) is 63.1 Å². The van der Waals surface area contributed by atoms with Crippen LogP contribution in [0.15, 0.2) is 82.2 Å². The lowest BCUT2D eigenvalue weighted by Gasteiger charge is -2.32. The highest BCUT2D eigenvalue weighted by atomic mass is 79.9. The number of nitrogens with zero attached hydrogens (tertiary/aromatic N) is 2. The first-order valence-corrected chi connectivity index (χ1v) is 15.5. The maximum Gasteiger partial charge on any atom is 0.264 e. The highest BCUT2D eigenvalue weighted by Crippen LogP contribution is 2.27. The SMILES string of the molecule is Cc1ccc(S(=O)(=O)N(CC(=O)N(Cc2ccccc2F)[C@H](C)C(=O)NC2CCCC2)c2cccc(Br)c2)cc1. The van der Waals surface area contributed by atoms with Gasteiger partial charge in [-0.15, -0.1) is 0 Å². The molecule has 0 saturated heterocycles. The van der Waals surface area contributed by atoms with Gasteiger partial charge in [0.1, 0.15) is 18.4 Å². The normalized spacial score (nSPS) is 14.5. The molecule has 0 radical (unpaired) electrons. The van der Waals surface area contributed by atoms with Gasteiger partial charge in [-0.1, -0.05) is 70.7 Å². The van der Waals surface area contributed by atoms with Gasteiger partial charge in [-0.2, -0.15) is 0 Å². The van der Waals surface area contributed by atoms with Crippen LogP contribution >= 0.6 is 15.9 Å². The van der Waals surface area contributed by atoms with Crippen molar-refractivity contribution in [2.24, 2.45) is 0 Å². The van der Waals surface area contributed by atoms with E-state index in [1.54, 1.807) is 61.5 Å². The van der Waals surface area contributed by atoms with Gasteiger partial charge in [-0.25, -0.2) is 12.8 Å². The number of benzene rings is 3. The second-order valence-corrected chi connectivity index (χ2v) is 12.9.